The van der Waals surface area contributed by atoms with Gasteiger partial charge in [-0.1, -0.05) is 40.2 Å². The van der Waals surface area contributed by atoms with E-state index in [2.05, 4.69) is 21.2 Å². The number of carbonyl (C=O) groups is 1. The van der Waals surface area contributed by atoms with E-state index in [0.717, 1.165) is 15.6 Å². The zero-order valence-electron chi connectivity index (χ0n) is 11.3. The van der Waals surface area contributed by atoms with Gasteiger partial charge in [0.1, 0.15) is 0 Å². The van der Waals surface area contributed by atoms with Crippen molar-refractivity contribution in [2.24, 2.45) is 0 Å². The predicted molar refractivity (Wildman–Crippen MR) is 85.3 cm³/mol. The highest BCUT2D eigenvalue weighted by atomic mass is 79.9. The number of anilines is 1. The van der Waals surface area contributed by atoms with Gasteiger partial charge in [-0.05, 0) is 42.3 Å². The molecule has 0 heterocycles. The van der Waals surface area contributed by atoms with Crippen molar-refractivity contribution in [1.29, 1.82) is 0 Å². The van der Waals surface area contributed by atoms with Crippen LogP contribution in [0.3, 0.4) is 0 Å². The lowest BCUT2D eigenvalue weighted by Crippen LogP contribution is -2.28. The van der Waals surface area contributed by atoms with E-state index in [1.54, 1.807) is 0 Å². The molecular formula is C16H17BrN2O. The average Bonchev–Trinajstić information content (AvgIpc) is 2.38. The van der Waals surface area contributed by atoms with Crippen LogP contribution in [0.5, 0.6) is 0 Å². The first-order chi connectivity index (χ1) is 9.54. The summed E-state index contributed by atoms with van der Waals surface area (Å²) >= 11 is 3.43. The Hall–Kier alpha value is -1.81. The molecule has 0 spiro atoms. The molecule has 2 aromatic rings. The minimum atomic E-state index is -0.0268. The van der Waals surface area contributed by atoms with E-state index in [9.17, 15) is 4.79 Å². The summed E-state index contributed by atoms with van der Waals surface area (Å²) in [6, 6.07) is 15.3. The summed E-state index contributed by atoms with van der Waals surface area (Å²) in [6.45, 7) is 1.97. The van der Waals surface area contributed by atoms with Gasteiger partial charge in [0.25, 0.3) is 0 Å². The van der Waals surface area contributed by atoms with Gasteiger partial charge >= 0.3 is 0 Å². The molecule has 0 bridgehead atoms. The van der Waals surface area contributed by atoms with Gasteiger partial charge in [-0.3, -0.25) is 4.79 Å². The normalized spacial score (nSPS) is 11.9. The van der Waals surface area contributed by atoms with Crippen LogP contribution in [0.25, 0.3) is 0 Å². The maximum Gasteiger partial charge on any atom is 0.224 e. The molecule has 1 unspecified atom stereocenters. The van der Waals surface area contributed by atoms with Crippen molar-refractivity contribution in [2.75, 3.05) is 5.73 Å². The zero-order chi connectivity index (χ0) is 14.5. The summed E-state index contributed by atoms with van der Waals surface area (Å²) in [6.07, 6.45) is 0.337. The molecule has 0 saturated carbocycles. The third-order valence-electron chi connectivity index (χ3n) is 3.04. The van der Waals surface area contributed by atoms with Gasteiger partial charge in [0.15, 0.2) is 0 Å². The molecule has 0 saturated heterocycles. The standard InChI is InChI=1S/C16H17BrN2O/c1-11(13-5-3-6-14(17)10-13)19-16(20)9-12-4-2-7-15(18)8-12/h2-8,10-11H,9,18H2,1H3,(H,19,20). The number of nitrogen functional groups attached to an aromatic ring is 1. The Balaban J connectivity index is 1.97. The number of amides is 1. The third kappa shape index (κ3) is 4.10. The number of nitrogens with one attached hydrogen (secondary N) is 1. The molecule has 1 atom stereocenters. The van der Waals surface area contributed by atoms with Crippen molar-refractivity contribution in [1.82, 2.24) is 5.32 Å². The number of benzene rings is 2. The van der Waals surface area contributed by atoms with Crippen LogP contribution in [0.1, 0.15) is 24.1 Å². The molecule has 20 heavy (non-hydrogen) atoms. The van der Waals surface area contributed by atoms with Gasteiger partial charge < -0.3 is 11.1 Å². The molecule has 0 aromatic heterocycles. The van der Waals surface area contributed by atoms with Crippen molar-refractivity contribution >= 4 is 27.5 Å². The van der Waals surface area contributed by atoms with Crippen LogP contribution in [0, 0.1) is 0 Å². The van der Waals surface area contributed by atoms with Gasteiger partial charge in [0.2, 0.25) is 5.91 Å². The van der Waals surface area contributed by atoms with Crippen LogP contribution < -0.4 is 11.1 Å². The molecule has 0 radical (unpaired) electrons. The first-order valence-electron chi connectivity index (χ1n) is 6.44. The van der Waals surface area contributed by atoms with Crippen molar-refractivity contribution in [3.05, 3.63) is 64.1 Å². The van der Waals surface area contributed by atoms with Crippen molar-refractivity contribution < 1.29 is 4.79 Å². The maximum absolute atomic E-state index is 12.0. The second-order valence-electron chi connectivity index (χ2n) is 4.77. The Morgan fingerprint density at radius 3 is 2.70 bits per heavy atom. The number of hydrogen-bond donors (Lipinski definition) is 2. The van der Waals surface area contributed by atoms with E-state index in [0.29, 0.717) is 12.1 Å². The fourth-order valence-electron chi connectivity index (χ4n) is 2.04. The highest BCUT2D eigenvalue weighted by Gasteiger charge is 2.10. The Kier molecular flexibility index (Phi) is 4.79. The summed E-state index contributed by atoms with van der Waals surface area (Å²) in [5, 5.41) is 2.99. The van der Waals surface area contributed by atoms with Crippen LogP contribution in [-0.4, -0.2) is 5.91 Å². The Morgan fingerprint density at radius 1 is 1.25 bits per heavy atom. The molecule has 4 heteroatoms. The van der Waals surface area contributed by atoms with Crippen molar-refractivity contribution in [3.63, 3.8) is 0 Å². The second-order valence-corrected chi connectivity index (χ2v) is 5.68. The molecule has 0 fully saturated rings. The molecule has 1 amide bonds. The smallest absolute Gasteiger partial charge is 0.224 e. The molecule has 0 aliphatic carbocycles. The Morgan fingerprint density at radius 2 is 2.00 bits per heavy atom. The van der Waals surface area contributed by atoms with Gasteiger partial charge in [-0.25, -0.2) is 0 Å². The molecule has 2 rings (SSSR count). The number of halogens is 1. The summed E-state index contributed by atoms with van der Waals surface area (Å²) < 4.78 is 1.01. The number of nitrogens with two attached hydrogens (primary N) is 1. The number of carbonyl (C=O) groups excluding carboxylic acids is 1. The first-order valence-corrected chi connectivity index (χ1v) is 7.23. The molecule has 0 aliphatic heterocycles. The van der Waals surface area contributed by atoms with E-state index in [1.807, 2.05) is 55.5 Å². The van der Waals surface area contributed by atoms with Gasteiger partial charge in [0.05, 0.1) is 12.5 Å². The van der Waals surface area contributed by atoms with Gasteiger partial charge in [-0.15, -0.1) is 0 Å². The van der Waals surface area contributed by atoms with Crippen LogP contribution in [0.2, 0.25) is 0 Å². The summed E-state index contributed by atoms with van der Waals surface area (Å²) in [4.78, 5) is 12.0. The Bertz CT molecular complexity index is 613. The average molecular weight is 333 g/mol. The molecule has 104 valence electrons. The molecule has 0 aliphatic rings. The zero-order valence-corrected chi connectivity index (χ0v) is 12.9. The van der Waals surface area contributed by atoms with E-state index in [1.165, 1.54) is 0 Å². The SMILES string of the molecule is CC(NC(=O)Cc1cccc(N)c1)c1cccc(Br)c1. The van der Waals surface area contributed by atoms with E-state index in [-0.39, 0.29) is 11.9 Å². The lowest BCUT2D eigenvalue weighted by Gasteiger charge is -2.14. The quantitative estimate of drug-likeness (QED) is 0.842. The van der Waals surface area contributed by atoms with Crippen molar-refractivity contribution in [2.45, 2.75) is 19.4 Å². The minimum absolute atomic E-state index is 0.0110. The van der Waals surface area contributed by atoms with Crippen LogP contribution in [0.4, 0.5) is 5.69 Å². The maximum atomic E-state index is 12.0. The molecule has 2 aromatic carbocycles. The van der Waals surface area contributed by atoms with Crippen molar-refractivity contribution in [3.8, 4) is 0 Å². The lowest BCUT2D eigenvalue weighted by atomic mass is 10.1. The lowest BCUT2D eigenvalue weighted by molar-refractivity contribution is -0.121. The fourth-order valence-corrected chi connectivity index (χ4v) is 2.46. The van der Waals surface area contributed by atoms with Gasteiger partial charge in [-0.2, -0.15) is 0 Å². The summed E-state index contributed by atoms with van der Waals surface area (Å²) in [5.41, 5.74) is 8.37. The molecule has 3 N–H and O–H groups in total. The van der Waals surface area contributed by atoms with E-state index in [4.69, 9.17) is 5.73 Å². The largest absolute Gasteiger partial charge is 0.399 e. The monoisotopic (exact) mass is 332 g/mol. The highest BCUT2D eigenvalue weighted by molar-refractivity contribution is 9.10. The summed E-state index contributed by atoms with van der Waals surface area (Å²) in [7, 11) is 0. The number of rotatable bonds is 4. The fraction of sp³-hybridized carbons (Fsp3) is 0.188. The van der Waals surface area contributed by atoms with Crippen LogP contribution in [-0.2, 0) is 11.2 Å². The van der Waals surface area contributed by atoms with E-state index >= 15 is 0 Å². The van der Waals surface area contributed by atoms with Crippen LogP contribution in [0.15, 0.2) is 53.0 Å². The Labute approximate surface area is 127 Å². The second kappa shape index (κ2) is 6.57. The molecule has 3 nitrogen and oxygen atoms in total. The third-order valence-corrected chi connectivity index (χ3v) is 3.54. The first kappa shape index (κ1) is 14.6. The van der Waals surface area contributed by atoms with E-state index < -0.39 is 0 Å². The number of hydrogen-bond acceptors (Lipinski definition) is 2. The summed E-state index contributed by atoms with van der Waals surface area (Å²) in [5.74, 6) is -0.0110. The van der Waals surface area contributed by atoms with Crippen LogP contribution >= 0.6 is 15.9 Å². The highest BCUT2D eigenvalue weighted by Crippen LogP contribution is 2.18. The predicted octanol–water partition coefficient (Wildman–Crippen LogP) is 3.45. The minimum Gasteiger partial charge on any atom is -0.399 e. The molecular weight excluding hydrogens is 316 g/mol. The topological polar surface area (TPSA) is 55.1 Å². The van der Waals surface area contributed by atoms with Gasteiger partial charge in [0, 0.05) is 10.2 Å².